The molecule has 0 spiro atoms. The smallest absolute Gasteiger partial charge is 0.261 e. The molecule has 1 N–H and O–H groups in total. The maximum Gasteiger partial charge on any atom is 0.261 e. The van der Waals surface area contributed by atoms with Crippen LogP contribution >= 0.6 is 0 Å². The van der Waals surface area contributed by atoms with Crippen molar-refractivity contribution in [1.29, 1.82) is 0 Å². The molecule has 11 heteroatoms. The first-order chi connectivity index (χ1) is 42.6. The molecule has 2 heterocycles. The second-order valence-corrected chi connectivity index (χ2v) is 22.1. The highest BCUT2D eigenvalue weighted by molar-refractivity contribution is 7.85. The summed E-state index contributed by atoms with van der Waals surface area (Å²) in [6, 6.07) is 99.0. The molecule has 2 aromatic heterocycles. The number of hydrogen-bond acceptors (Lipinski definition) is 8. The van der Waals surface area contributed by atoms with E-state index < -0.39 is 22.3 Å². The number of ether oxygens (including phenoxy) is 2. The van der Waals surface area contributed by atoms with E-state index in [9.17, 15) is 18.0 Å². The number of benzene rings is 12. The molecule has 0 bridgehead atoms. The van der Waals surface area contributed by atoms with Crippen molar-refractivity contribution in [1.82, 2.24) is 0 Å². The van der Waals surface area contributed by atoms with E-state index in [1.54, 1.807) is 24.3 Å². The molecule has 14 aromatic rings. The summed E-state index contributed by atoms with van der Waals surface area (Å²) in [7, 11) is -3.67. The molecule has 0 fully saturated rings. The van der Waals surface area contributed by atoms with Crippen LogP contribution in [-0.4, -0.2) is 39.2 Å². The van der Waals surface area contributed by atoms with Crippen molar-refractivity contribution in [2.45, 2.75) is 19.6 Å². The van der Waals surface area contributed by atoms with E-state index in [0.29, 0.717) is 28.9 Å². The molecule has 9 nitrogen and oxygen atoms in total. The van der Waals surface area contributed by atoms with Gasteiger partial charge in [0.15, 0.2) is 12.2 Å². The molecule has 3 radical (unpaired) electrons. The molecule has 0 aliphatic rings. The number of furan rings is 2. The Morgan fingerprint density at radius 3 is 0.933 bits per heavy atom. The fourth-order valence-electron chi connectivity index (χ4n) is 10.9. The summed E-state index contributed by atoms with van der Waals surface area (Å²) in [6.07, 6.45) is -0.978. The molecular formula is C78H60BO9S. The lowest BCUT2D eigenvalue weighted by Gasteiger charge is -2.22. The molecule has 0 amide bonds. The number of hydrogen-bond donors (Lipinski definition) is 1. The average molecular weight is 1180 g/mol. The first kappa shape index (κ1) is 61.2. The summed E-state index contributed by atoms with van der Waals surface area (Å²) >= 11 is 0. The highest BCUT2D eigenvalue weighted by Crippen LogP contribution is 2.48. The zero-order chi connectivity index (χ0) is 59.7. The van der Waals surface area contributed by atoms with Crippen LogP contribution in [-0.2, 0) is 10.1 Å². The van der Waals surface area contributed by atoms with E-state index in [2.05, 4.69) is 121 Å². The summed E-state index contributed by atoms with van der Waals surface area (Å²) < 4.78 is 52.4. The highest BCUT2D eigenvalue weighted by Gasteiger charge is 2.28. The monoisotopic (exact) mass is 1180 g/mol. The van der Waals surface area contributed by atoms with Crippen LogP contribution in [0.3, 0.4) is 0 Å². The van der Waals surface area contributed by atoms with Gasteiger partial charge in [-0.15, -0.1) is 0 Å². The Kier molecular flexibility index (Phi) is 19.0. The zero-order valence-corrected chi connectivity index (χ0v) is 48.5. The minimum atomic E-state index is -3.67. The molecule has 12 aromatic carbocycles. The quantitative estimate of drug-likeness (QED) is 0.0642. The van der Waals surface area contributed by atoms with Crippen LogP contribution in [0.15, 0.2) is 312 Å². The number of carbonyl (C=O) groups excluding carboxylic acids is 2. The molecular weight excluding hydrogens is 1120 g/mol. The lowest BCUT2D eigenvalue weighted by molar-refractivity contribution is 0.0787. The summed E-state index contributed by atoms with van der Waals surface area (Å²) in [4.78, 5) is 27.4. The zero-order valence-electron chi connectivity index (χ0n) is 47.7. The van der Waals surface area contributed by atoms with E-state index in [1.807, 2.05) is 158 Å². The second-order valence-electron chi connectivity index (χ2n) is 20.7. The van der Waals surface area contributed by atoms with E-state index in [-0.39, 0.29) is 27.4 Å². The van der Waals surface area contributed by atoms with Gasteiger partial charge in [-0.2, -0.15) is 8.42 Å². The predicted molar refractivity (Wildman–Crippen MR) is 360 cm³/mol. The molecule has 14 rings (SSSR count). The van der Waals surface area contributed by atoms with Gasteiger partial charge < -0.3 is 18.3 Å². The fourth-order valence-corrected chi connectivity index (χ4v) is 10.9. The summed E-state index contributed by atoms with van der Waals surface area (Å²) in [6.45, 7) is 0. The Balaban J connectivity index is 0.000000179. The van der Waals surface area contributed by atoms with Crippen LogP contribution in [0.25, 0.3) is 88.4 Å². The van der Waals surface area contributed by atoms with Gasteiger partial charge in [-0.05, 0) is 47.5 Å². The van der Waals surface area contributed by atoms with Gasteiger partial charge in [-0.1, -0.05) is 274 Å². The normalized spacial score (nSPS) is 11.6. The van der Waals surface area contributed by atoms with Gasteiger partial charge in [0.2, 0.25) is 11.6 Å². The number of rotatable bonds is 14. The molecule has 435 valence electrons. The molecule has 0 aliphatic carbocycles. The van der Waals surface area contributed by atoms with Crippen LogP contribution in [0, 0.1) is 0 Å². The van der Waals surface area contributed by atoms with Crippen LogP contribution in [0.2, 0.25) is 0 Å². The first-order valence-electron chi connectivity index (χ1n) is 28.3. The van der Waals surface area contributed by atoms with Crippen molar-refractivity contribution >= 4 is 73.6 Å². The third-order valence-electron chi connectivity index (χ3n) is 14.8. The largest absolute Gasteiger partial charge is 0.477 e. The Morgan fingerprint density at radius 2 is 0.618 bits per heavy atom. The molecule has 0 saturated heterocycles. The first-order valence-corrected chi connectivity index (χ1v) is 30.1. The lowest BCUT2D eigenvalue weighted by Crippen LogP contribution is -2.20. The van der Waals surface area contributed by atoms with E-state index in [4.69, 9.17) is 22.9 Å². The Labute approximate surface area is 519 Å². The predicted octanol–water partition coefficient (Wildman–Crippen LogP) is 19.6. The van der Waals surface area contributed by atoms with Gasteiger partial charge in [-0.25, -0.2) is 0 Å². The second kappa shape index (κ2) is 27.7. The van der Waals surface area contributed by atoms with Crippen LogP contribution in [0.4, 0.5) is 0 Å². The lowest BCUT2D eigenvalue weighted by atomic mass is 9.95. The summed E-state index contributed by atoms with van der Waals surface area (Å²) in [5.74, 6) is 2.57. The number of Topliss-reactive ketones (excluding diaryl/α,β-unsaturated/α-hetero) is 2. The Hall–Kier alpha value is -10.8. The minimum absolute atomic E-state index is 0. The van der Waals surface area contributed by atoms with Crippen LogP contribution < -0.4 is 9.47 Å². The van der Waals surface area contributed by atoms with Crippen molar-refractivity contribution in [2.24, 2.45) is 0 Å². The minimum Gasteiger partial charge on any atom is -0.477 e. The van der Waals surface area contributed by atoms with E-state index in [0.717, 1.165) is 99.5 Å². The SMILES string of the molecule is C.CS(=O)(=O)O.O=C(c1ccccc1)C(Oc1cccc2c(OC(C(=O)c3ccccc3)c3ccccc3)cccc12)c1ccccc1.[B].c1ccc(-c2oc3c(ccc4c3ccc3c(-c5ccccc5)c(-c5ccccc5)oc34)c2-c2ccccc2)cc1. The Bertz CT molecular complexity index is 4500. The van der Waals surface area contributed by atoms with Crippen LogP contribution in [0.1, 0.15) is 51.5 Å². The van der Waals surface area contributed by atoms with Gasteiger partial charge in [0.25, 0.3) is 10.1 Å². The summed E-state index contributed by atoms with van der Waals surface area (Å²) in [5, 5.41) is 5.81. The fraction of sp³-hybridized carbons (Fsp3) is 0.0513. The molecule has 0 saturated carbocycles. The summed E-state index contributed by atoms with van der Waals surface area (Å²) in [5.41, 5.74) is 11.0. The molecule has 0 aliphatic heterocycles. The van der Waals surface area contributed by atoms with Crippen LogP contribution in [0.5, 0.6) is 11.5 Å². The van der Waals surface area contributed by atoms with Gasteiger partial charge >= 0.3 is 0 Å². The number of ketones is 2. The molecule has 2 unspecified atom stereocenters. The standard InChI is InChI=1S/C38H28O4.C38H24O2.CH4O3S.CH4.B/c39-35(27-15-5-1-6-16-27)37(29-19-9-3-10-20-29)41-33-25-13-24-32-31(33)23-14-26-34(32)42-38(30-21-11-4-12-22-30)36(40)28-17-7-2-8-18-28;1-5-13-25(14-6-1)33-31-23-21-30-29(37(31)39-35(33)27-17-9-3-10-18-27)22-24-32-34(26-15-7-2-8-16-26)36(40-38(30)32)28-19-11-4-12-20-28;1-5(2,3)4;;/h1-26,37-38H;1-24H;1H3,(H,2,3,4);1H4;. The highest BCUT2D eigenvalue weighted by atomic mass is 32.2. The average Bonchev–Trinajstić information content (AvgIpc) is 1.60. The molecule has 89 heavy (non-hydrogen) atoms. The number of fused-ring (bicyclic) bond motifs is 6. The third-order valence-corrected chi connectivity index (χ3v) is 14.8. The Morgan fingerprint density at radius 1 is 0.348 bits per heavy atom. The maximum absolute atomic E-state index is 13.7. The number of carbonyl (C=O) groups is 2. The van der Waals surface area contributed by atoms with Crippen molar-refractivity contribution < 1.29 is 40.9 Å². The third kappa shape index (κ3) is 13.6. The van der Waals surface area contributed by atoms with Gasteiger partial charge in [0.1, 0.15) is 34.2 Å². The van der Waals surface area contributed by atoms with Gasteiger partial charge in [0.05, 0.1) is 6.26 Å². The van der Waals surface area contributed by atoms with Crippen molar-refractivity contribution in [3.8, 4) is 56.4 Å². The van der Waals surface area contributed by atoms with Crippen molar-refractivity contribution in [3.63, 3.8) is 0 Å². The van der Waals surface area contributed by atoms with Crippen molar-refractivity contribution in [3.05, 3.63) is 326 Å². The van der Waals surface area contributed by atoms with Crippen molar-refractivity contribution in [2.75, 3.05) is 6.26 Å². The topological polar surface area (TPSA) is 133 Å². The van der Waals surface area contributed by atoms with Gasteiger partial charge in [-0.3, -0.25) is 14.1 Å². The van der Waals surface area contributed by atoms with E-state index in [1.165, 1.54) is 0 Å². The van der Waals surface area contributed by atoms with E-state index >= 15 is 0 Å². The molecule has 2 atom stereocenters. The van der Waals surface area contributed by atoms with Gasteiger partial charge in [0, 0.05) is 85.2 Å². The maximum atomic E-state index is 13.7.